The van der Waals surface area contributed by atoms with Gasteiger partial charge in [-0.3, -0.25) is 4.79 Å². The summed E-state index contributed by atoms with van der Waals surface area (Å²) in [6.07, 6.45) is -3.36. The summed E-state index contributed by atoms with van der Waals surface area (Å²) in [5, 5.41) is 0. The van der Waals surface area contributed by atoms with Gasteiger partial charge < -0.3 is 10.6 Å². The minimum Gasteiger partial charge on any atom is -0.342 e. The number of carbonyl (C=O) groups excluding carboxylic acids is 1. The lowest BCUT2D eigenvalue weighted by Gasteiger charge is -2.22. The number of halogens is 4. The molecule has 0 radical (unpaired) electrons. The quantitative estimate of drug-likeness (QED) is 0.922. The molecule has 1 aromatic carbocycles. The second-order valence-electron chi connectivity index (χ2n) is 5.95. The lowest BCUT2D eigenvalue weighted by atomic mass is 9.90. The van der Waals surface area contributed by atoms with Crippen LogP contribution in [-0.2, 0) is 17.4 Å². The predicted octanol–water partition coefficient (Wildman–Crippen LogP) is 2.87. The van der Waals surface area contributed by atoms with E-state index >= 15 is 0 Å². The van der Waals surface area contributed by atoms with Crippen LogP contribution in [0.1, 0.15) is 24.5 Å². The van der Waals surface area contributed by atoms with Gasteiger partial charge >= 0.3 is 6.18 Å². The standard InChI is InChI=1S/C15H19F3N2O.ClH/c1-14(9-19)6-7-20(10-14)13(21)8-11-2-4-12(5-3-11)15(16,17)18;/h2-5H,6-10,19H2,1H3;1H. The molecule has 2 N–H and O–H groups in total. The van der Waals surface area contributed by atoms with Gasteiger partial charge in [-0.05, 0) is 36.1 Å². The highest BCUT2D eigenvalue weighted by Crippen LogP contribution is 2.30. The van der Waals surface area contributed by atoms with Crippen molar-refractivity contribution < 1.29 is 18.0 Å². The zero-order valence-electron chi connectivity index (χ0n) is 12.3. The average molecular weight is 337 g/mol. The van der Waals surface area contributed by atoms with Gasteiger partial charge in [0.2, 0.25) is 5.91 Å². The normalized spacial score (nSPS) is 21.6. The Balaban J connectivity index is 0.00000242. The van der Waals surface area contributed by atoms with Crippen molar-refractivity contribution in [1.29, 1.82) is 0 Å². The first-order chi connectivity index (χ1) is 9.73. The molecule has 7 heteroatoms. The molecule has 1 saturated heterocycles. The zero-order chi connectivity index (χ0) is 15.7. The van der Waals surface area contributed by atoms with Crippen LogP contribution in [0.3, 0.4) is 0 Å². The number of rotatable bonds is 3. The molecule has 2 rings (SSSR count). The Morgan fingerprint density at radius 1 is 1.32 bits per heavy atom. The summed E-state index contributed by atoms with van der Waals surface area (Å²) in [6, 6.07) is 4.74. The Morgan fingerprint density at radius 3 is 2.36 bits per heavy atom. The third-order valence-corrected chi connectivity index (χ3v) is 4.04. The number of benzene rings is 1. The van der Waals surface area contributed by atoms with Crippen LogP contribution in [0, 0.1) is 5.41 Å². The molecule has 1 amide bonds. The molecule has 3 nitrogen and oxygen atoms in total. The molecular formula is C15H20ClF3N2O. The van der Waals surface area contributed by atoms with E-state index < -0.39 is 11.7 Å². The lowest BCUT2D eigenvalue weighted by Crippen LogP contribution is -2.35. The minimum atomic E-state index is -4.35. The first-order valence-electron chi connectivity index (χ1n) is 6.87. The monoisotopic (exact) mass is 336 g/mol. The molecule has 0 bridgehead atoms. The highest BCUT2D eigenvalue weighted by atomic mass is 35.5. The summed E-state index contributed by atoms with van der Waals surface area (Å²) in [4.78, 5) is 13.9. The van der Waals surface area contributed by atoms with Crippen molar-refractivity contribution in [1.82, 2.24) is 4.90 Å². The second-order valence-corrected chi connectivity index (χ2v) is 5.95. The molecule has 1 fully saturated rings. The molecule has 124 valence electrons. The molecule has 0 aliphatic carbocycles. The van der Waals surface area contributed by atoms with Crippen molar-refractivity contribution in [2.24, 2.45) is 11.1 Å². The number of carbonyl (C=O) groups is 1. The second kappa shape index (κ2) is 6.87. The fraction of sp³-hybridized carbons (Fsp3) is 0.533. The van der Waals surface area contributed by atoms with Crippen molar-refractivity contribution >= 4 is 18.3 Å². The summed E-state index contributed by atoms with van der Waals surface area (Å²) in [5.41, 5.74) is 5.54. The van der Waals surface area contributed by atoms with Crippen molar-refractivity contribution in [3.05, 3.63) is 35.4 Å². The summed E-state index contributed by atoms with van der Waals surface area (Å²) in [7, 11) is 0. The Kier molecular flexibility index (Phi) is 5.87. The van der Waals surface area contributed by atoms with E-state index in [4.69, 9.17) is 5.73 Å². The minimum absolute atomic E-state index is 0. The van der Waals surface area contributed by atoms with E-state index in [1.165, 1.54) is 12.1 Å². The Hall–Kier alpha value is -1.27. The molecular weight excluding hydrogens is 317 g/mol. The van der Waals surface area contributed by atoms with E-state index in [-0.39, 0.29) is 30.2 Å². The maximum absolute atomic E-state index is 12.5. The van der Waals surface area contributed by atoms with Crippen LogP contribution in [0.15, 0.2) is 24.3 Å². The molecule has 0 spiro atoms. The van der Waals surface area contributed by atoms with Gasteiger partial charge in [0.1, 0.15) is 0 Å². The molecule has 1 unspecified atom stereocenters. The molecule has 22 heavy (non-hydrogen) atoms. The van der Waals surface area contributed by atoms with Gasteiger partial charge in [0.25, 0.3) is 0 Å². The maximum atomic E-state index is 12.5. The highest BCUT2D eigenvalue weighted by molar-refractivity contribution is 5.85. The van der Waals surface area contributed by atoms with Crippen LogP contribution in [-0.4, -0.2) is 30.4 Å². The highest BCUT2D eigenvalue weighted by Gasteiger charge is 2.35. The number of alkyl halides is 3. The summed E-state index contributed by atoms with van der Waals surface area (Å²) < 4.78 is 37.4. The molecule has 1 aromatic rings. The number of hydrogen-bond acceptors (Lipinski definition) is 2. The van der Waals surface area contributed by atoms with Gasteiger partial charge in [-0.1, -0.05) is 19.1 Å². The molecule has 1 aliphatic rings. The molecule has 1 aliphatic heterocycles. The third kappa shape index (κ3) is 4.36. The fourth-order valence-electron chi connectivity index (χ4n) is 2.50. The number of nitrogens with two attached hydrogens (primary N) is 1. The summed E-state index contributed by atoms with van der Waals surface area (Å²) in [5.74, 6) is -0.0630. The van der Waals surface area contributed by atoms with Crippen LogP contribution >= 0.6 is 12.4 Å². The van der Waals surface area contributed by atoms with Gasteiger partial charge in [0.15, 0.2) is 0 Å². The SMILES string of the molecule is CC1(CN)CCN(C(=O)Cc2ccc(C(F)(F)F)cc2)C1.Cl. The molecule has 0 saturated carbocycles. The van der Waals surface area contributed by atoms with Gasteiger partial charge in [0, 0.05) is 13.1 Å². The molecule has 1 heterocycles. The Bertz CT molecular complexity index is 519. The van der Waals surface area contributed by atoms with Gasteiger partial charge in [-0.25, -0.2) is 0 Å². The van der Waals surface area contributed by atoms with E-state index in [9.17, 15) is 18.0 Å². The van der Waals surface area contributed by atoms with Gasteiger partial charge in [0.05, 0.1) is 12.0 Å². The number of nitrogens with zero attached hydrogens (tertiary/aromatic N) is 1. The van der Waals surface area contributed by atoms with E-state index in [1.54, 1.807) is 4.90 Å². The number of likely N-dealkylation sites (tertiary alicyclic amines) is 1. The van der Waals surface area contributed by atoms with Crippen molar-refractivity contribution in [2.75, 3.05) is 19.6 Å². The van der Waals surface area contributed by atoms with Crippen molar-refractivity contribution in [3.8, 4) is 0 Å². The van der Waals surface area contributed by atoms with Crippen LogP contribution < -0.4 is 5.73 Å². The first-order valence-corrected chi connectivity index (χ1v) is 6.87. The van der Waals surface area contributed by atoms with Gasteiger partial charge in [-0.2, -0.15) is 13.2 Å². The predicted molar refractivity (Wildman–Crippen MR) is 80.8 cm³/mol. The third-order valence-electron chi connectivity index (χ3n) is 4.04. The maximum Gasteiger partial charge on any atom is 0.416 e. The Labute approximate surface area is 134 Å². The zero-order valence-corrected chi connectivity index (χ0v) is 13.1. The van der Waals surface area contributed by atoms with Crippen LogP contribution in [0.25, 0.3) is 0 Å². The first kappa shape index (κ1) is 18.8. The molecule has 0 aromatic heterocycles. The molecule has 1 atom stereocenters. The lowest BCUT2D eigenvalue weighted by molar-refractivity contribution is -0.137. The summed E-state index contributed by atoms with van der Waals surface area (Å²) >= 11 is 0. The summed E-state index contributed by atoms with van der Waals surface area (Å²) in [6.45, 7) is 3.84. The van der Waals surface area contributed by atoms with Crippen molar-refractivity contribution in [3.63, 3.8) is 0 Å². The van der Waals surface area contributed by atoms with Gasteiger partial charge in [-0.15, -0.1) is 12.4 Å². The van der Waals surface area contributed by atoms with Crippen LogP contribution in [0.2, 0.25) is 0 Å². The van der Waals surface area contributed by atoms with E-state index in [0.29, 0.717) is 25.2 Å². The smallest absolute Gasteiger partial charge is 0.342 e. The Morgan fingerprint density at radius 2 is 1.91 bits per heavy atom. The van der Waals surface area contributed by atoms with Crippen LogP contribution in [0.4, 0.5) is 13.2 Å². The topological polar surface area (TPSA) is 46.3 Å². The van der Waals surface area contributed by atoms with E-state index in [1.807, 2.05) is 6.92 Å². The van der Waals surface area contributed by atoms with Crippen LogP contribution in [0.5, 0.6) is 0 Å². The van der Waals surface area contributed by atoms with E-state index in [0.717, 1.165) is 18.6 Å². The average Bonchev–Trinajstić information content (AvgIpc) is 2.82. The fourth-order valence-corrected chi connectivity index (χ4v) is 2.50. The number of amides is 1. The largest absolute Gasteiger partial charge is 0.416 e. The number of hydrogen-bond donors (Lipinski definition) is 1. The van der Waals surface area contributed by atoms with E-state index in [2.05, 4.69) is 0 Å². The van der Waals surface area contributed by atoms with Crippen molar-refractivity contribution in [2.45, 2.75) is 25.9 Å².